The van der Waals surface area contributed by atoms with Gasteiger partial charge in [-0.05, 0) is 29.8 Å². The van der Waals surface area contributed by atoms with Gasteiger partial charge < -0.3 is 9.15 Å². The Morgan fingerprint density at radius 2 is 1.70 bits per heavy atom. The Morgan fingerprint density at radius 1 is 0.913 bits per heavy atom. The molecule has 23 heavy (non-hydrogen) atoms. The molecule has 2 aromatic rings. The molecular weight excluding hydrogens is 290 g/mol. The SMILES string of the molecule is O=c1c(OCc2ccccc2)ccc2oc3ccccc3nc1-2. The molecule has 0 saturated carbocycles. The molecule has 2 aromatic carbocycles. The minimum atomic E-state index is -0.257. The van der Waals surface area contributed by atoms with Gasteiger partial charge in [0.2, 0.25) is 5.43 Å². The molecule has 4 nitrogen and oxygen atoms in total. The number of fused-ring (bicyclic) bond motifs is 2. The second-order valence-corrected chi connectivity index (χ2v) is 5.20. The highest BCUT2D eigenvalue weighted by atomic mass is 16.5. The summed E-state index contributed by atoms with van der Waals surface area (Å²) in [6, 6.07) is 20.4. The molecule has 1 aliphatic carbocycles. The summed E-state index contributed by atoms with van der Waals surface area (Å²) in [4.78, 5) is 17.0. The second-order valence-electron chi connectivity index (χ2n) is 5.20. The Kier molecular flexibility index (Phi) is 3.27. The van der Waals surface area contributed by atoms with Crippen LogP contribution in [0.5, 0.6) is 5.75 Å². The largest absolute Gasteiger partial charge is 0.485 e. The maximum Gasteiger partial charge on any atom is 0.249 e. The molecule has 0 fully saturated rings. The van der Waals surface area contributed by atoms with Crippen molar-refractivity contribution in [1.29, 1.82) is 0 Å². The molecule has 0 saturated heterocycles. The van der Waals surface area contributed by atoms with Crippen LogP contribution in [0.3, 0.4) is 0 Å². The first-order valence-corrected chi connectivity index (χ1v) is 7.30. The summed E-state index contributed by atoms with van der Waals surface area (Å²) in [5, 5.41) is 0. The molecule has 0 aromatic heterocycles. The molecule has 2 aliphatic rings. The van der Waals surface area contributed by atoms with Crippen LogP contribution in [0, 0.1) is 0 Å². The summed E-state index contributed by atoms with van der Waals surface area (Å²) in [5.74, 6) is 0.736. The van der Waals surface area contributed by atoms with Gasteiger partial charge in [0, 0.05) is 0 Å². The zero-order valence-electron chi connectivity index (χ0n) is 12.2. The molecule has 0 radical (unpaired) electrons. The lowest BCUT2D eigenvalue weighted by molar-refractivity contribution is 0.303. The zero-order chi connectivity index (χ0) is 15.6. The van der Waals surface area contributed by atoms with Crippen molar-refractivity contribution in [3.05, 3.63) is 82.5 Å². The van der Waals surface area contributed by atoms with E-state index in [1.807, 2.05) is 54.6 Å². The molecule has 4 rings (SSSR count). The number of rotatable bonds is 3. The molecule has 0 bridgehead atoms. The first kappa shape index (κ1) is 13.5. The van der Waals surface area contributed by atoms with E-state index >= 15 is 0 Å². The predicted molar refractivity (Wildman–Crippen MR) is 87.7 cm³/mol. The smallest absolute Gasteiger partial charge is 0.249 e. The van der Waals surface area contributed by atoms with Gasteiger partial charge in [-0.1, -0.05) is 42.5 Å². The molecule has 0 N–H and O–H groups in total. The Morgan fingerprint density at radius 3 is 2.57 bits per heavy atom. The Labute approximate surface area is 132 Å². The number of hydrogen-bond donors (Lipinski definition) is 0. The van der Waals surface area contributed by atoms with Gasteiger partial charge in [0.1, 0.15) is 12.1 Å². The predicted octanol–water partition coefficient (Wildman–Crippen LogP) is 3.87. The number of ether oxygens (including phenoxy) is 1. The fourth-order valence-electron chi connectivity index (χ4n) is 2.45. The summed E-state index contributed by atoms with van der Waals surface area (Å²) in [6.07, 6.45) is 0. The number of hydrogen-bond acceptors (Lipinski definition) is 4. The van der Waals surface area contributed by atoms with Crippen molar-refractivity contribution in [2.75, 3.05) is 0 Å². The van der Waals surface area contributed by atoms with E-state index in [4.69, 9.17) is 9.15 Å². The molecule has 0 spiro atoms. The van der Waals surface area contributed by atoms with Gasteiger partial charge in [0.25, 0.3) is 0 Å². The van der Waals surface area contributed by atoms with Gasteiger partial charge in [-0.3, -0.25) is 4.79 Å². The summed E-state index contributed by atoms with van der Waals surface area (Å²) >= 11 is 0. The van der Waals surface area contributed by atoms with Gasteiger partial charge in [-0.25, -0.2) is 4.98 Å². The van der Waals surface area contributed by atoms with Crippen LogP contribution in [0.4, 0.5) is 0 Å². The lowest BCUT2D eigenvalue weighted by Gasteiger charge is -2.09. The van der Waals surface area contributed by atoms with Crippen molar-refractivity contribution in [2.24, 2.45) is 0 Å². The fraction of sp³-hybridized carbons (Fsp3) is 0.0526. The van der Waals surface area contributed by atoms with Gasteiger partial charge in [0.05, 0.1) is 0 Å². The molecule has 0 atom stereocenters. The van der Waals surface area contributed by atoms with Crippen LogP contribution in [0.15, 0.2) is 75.9 Å². The van der Waals surface area contributed by atoms with E-state index in [9.17, 15) is 4.79 Å². The Hall–Kier alpha value is -3.14. The number of aromatic nitrogens is 1. The zero-order valence-corrected chi connectivity index (χ0v) is 12.2. The fourth-order valence-corrected chi connectivity index (χ4v) is 2.45. The molecule has 112 valence electrons. The third-order valence-corrected chi connectivity index (χ3v) is 3.61. The summed E-state index contributed by atoms with van der Waals surface area (Å²) in [6.45, 7) is 0.340. The van der Waals surface area contributed by atoms with E-state index in [1.165, 1.54) is 0 Å². The quantitative estimate of drug-likeness (QED) is 0.539. The van der Waals surface area contributed by atoms with Gasteiger partial charge in [-0.15, -0.1) is 0 Å². The first-order chi connectivity index (χ1) is 11.3. The maximum absolute atomic E-state index is 12.5. The van der Waals surface area contributed by atoms with Gasteiger partial charge in [-0.2, -0.15) is 0 Å². The van der Waals surface area contributed by atoms with Crippen molar-refractivity contribution in [2.45, 2.75) is 6.61 Å². The van der Waals surface area contributed by atoms with Crippen molar-refractivity contribution in [3.63, 3.8) is 0 Å². The number of nitrogens with zero attached hydrogens (tertiary/aromatic N) is 1. The van der Waals surface area contributed by atoms with Crippen LogP contribution in [0.25, 0.3) is 22.6 Å². The van der Waals surface area contributed by atoms with Crippen LogP contribution in [-0.2, 0) is 6.61 Å². The topological polar surface area (TPSA) is 52.3 Å². The molecule has 0 unspecified atom stereocenters. The monoisotopic (exact) mass is 303 g/mol. The highest BCUT2D eigenvalue weighted by Crippen LogP contribution is 2.24. The summed E-state index contributed by atoms with van der Waals surface area (Å²) < 4.78 is 11.4. The minimum absolute atomic E-state index is 0.257. The number of benzene rings is 3. The lowest BCUT2D eigenvalue weighted by Crippen LogP contribution is -2.12. The molecule has 1 heterocycles. The van der Waals surface area contributed by atoms with Crippen molar-refractivity contribution in [3.8, 4) is 17.2 Å². The maximum atomic E-state index is 12.5. The van der Waals surface area contributed by atoms with Crippen molar-refractivity contribution < 1.29 is 9.15 Å². The van der Waals surface area contributed by atoms with E-state index in [0.29, 0.717) is 23.5 Å². The van der Waals surface area contributed by atoms with Crippen LogP contribution >= 0.6 is 0 Å². The van der Waals surface area contributed by atoms with Crippen molar-refractivity contribution >= 4 is 11.1 Å². The lowest BCUT2D eigenvalue weighted by atomic mass is 10.2. The summed E-state index contributed by atoms with van der Waals surface area (Å²) in [7, 11) is 0. The van der Waals surface area contributed by atoms with E-state index in [2.05, 4.69) is 4.98 Å². The van der Waals surface area contributed by atoms with E-state index in [-0.39, 0.29) is 16.9 Å². The summed E-state index contributed by atoms with van der Waals surface area (Å²) in [5.41, 5.74) is 2.33. The van der Waals surface area contributed by atoms with Crippen LogP contribution in [0.1, 0.15) is 5.56 Å². The minimum Gasteiger partial charge on any atom is -0.485 e. The Bertz CT molecular complexity index is 992. The first-order valence-electron chi connectivity index (χ1n) is 7.30. The van der Waals surface area contributed by atoms with E-state index in [0.717, 1.165) is 5.56 Å². The second kappa shape index (κ2) is 5.57. The van der Waals surface area contributed by atoms with Gasteiger partial charge >= 0.3 is 0 Å². The molecular formula is C19H13NO3. The van der Waals surface area contributed by atoms with Crippen LogP contribution < -0.4 is 10.2 Å². The molecule has 1 aliphatic heterocycles. The average Bonchev–Trinajstić information content (AvgIpc) is 2.61. The third kappa shape index (κ3) is 2.55. The Balaban J connectivity index is 1.74. The van der Waals surface area contributed by atoms with E-state index in [1.54, 1.807) is 12.1 Å². The normalized spacial score (nSPS) is 11.0. The third-order valence-electron chi connectivity index (χ3n) is 3.61. The molecule has 4 heteroatoms. The van der Waals surface area contributed by atoms with Crippen LogP contribution in [0.2, 0.25) is 0 Å². The number of para-hydroxylation sites is 2. The average molecular weight is 303 g/mol. The highest BCUT2D eigenvalue weighted by molar-refractivity contribution is 5.76. The van der Waals surface area contributed by atoms with E-state index < -0.39 is 0 Å². The highest BCUT2D eigenvalue weighted by Gasteiger charge is 2.16. The van der Waals surface area contributed by atoms with Crippen molar-refractivity contribution in [1.82, 2.24) is 4.98 Å². The van der Waals surface area contributed by atoms with Crippen LogP contribution in [-0.4, -0.2) is 4.98 Å². The standard InChI is InChI=1S/C19H13NO3/c21-19-17(22-12-13-6-2-1-3-7-13)11-10-16-18(19)20-14-8-4-5-9-15(14)23-16/h1-11H,12H2. The van der Waals surface area contributed by atoms with Gasteiger partial charge in [0.15, 0.2) is 22.8 Å². The molecule has 0 amide bonds.